The van der Waals surface area contributed by atoms with E-state index in [-0.39, 0.29) is 29.1 Å². The Hall–Kier alpha value is -3.41. The van der Waals surface area contributed by atoms with Gasteiger partial charge in [-0.3, -0.25) is 9.59 Å². The number of rotatable bonds is 4. The van der Waals surface area contributed by atoms with E-state index in [2.05, 4.69) is 5.32 Å². The van der Waals surface area contributed by atoms with Gasteiger partial charge < -0.3 is 14.8 Å². The summed E-state index contributed by atoms with van der Waals surface area (Å²) in [5.74, 6) is 0.218. The molecule has 31 heavy (non-hydrogen) atoms. The smallest absolute Gasteiger partial charge is 0.274 e. The van der Waals surface area contributed by atoms with Crippen LogP contribution < -0.4 is 10.9 Å². The number of amides is 1. The van der Waals surface area contributed by atoms with Crippen LogP contribution in [0.15, 0.2) is 71.5 Å². The van der Waals surface area contributed by atoms with Crippen molar-refractivity contribution < 1.29 is 9.18 Å². The third-order valence-corrected chi connectivity index (χ3v) is 6.31. The number of likely N-dealkylation sites (tertiary alicyclic amines) is 1. The number of halogens is 1. The van der Waals surface area contributed by atoms with Crippen molar-refractivity contribution in [2.75, 3.05) is 18.4 Å². The Balaban J connectivity index is 1.34. The third-order valence-electron chi connectivity index (χ3n) is 6.31. The first-order chi connectivity index (χ1) is 15.1. The summed E-state index contributed by atoms with van der Waals surface area (Å²) in [6.07, 6.45) is 1.00. The van der Waals surface area contributed by atoms with Gasteiger partial charge in [-0.25, -0.2) is 4.39 Å². The Kier molecular flexibility index (Phi) is 5.06. The Morgan fingerprint density at radius 1 is 0.968 bits per heavy atom. The molecular weight excluding hydrogens is 393 g/mol. The SMILES string of the molecule is O=C(c1ccccc1)N1C[C@H]2C[C@H](C1)c1ccc(NCc3ccc(F)cc3)c(=O)n1C2. The number of hydrogen-bond donors (Lipinski definition) is 1. The van der Waals surface area contributed by atoms with Gasteiger partial charge in [-0.05, 0) is 54.3 Å². The zero-order valence-corrected chi connectivity index (χ0v) is 17.1. The molecule has 1 N–H and O–H groups in total. The van der Waals surface area contributed by atoms with Crippen molar-refractivity contribution in [2.24, 2.45) is 5.92 Å². The molecule has 2 aliphatic rings. The molecule has 2 atom stereocenters. The van der Waals surface area contributed by atoms with Crippen LogP contribution in [0.2, 0.25) is 0 Å². The number of nitrogens with one attached hydrogen (secondary N) is 1. The lowest BCUT2D eigenvalue weighted by atomic mass is 9.83. The fraction of sp³-hybridized carbons (Fsp3) is 0.280. The first kappa shape index (κ1) is 19.5. The van der Waals surface area contributed by atoms with E-state index in [1.165, 1.54) is 12.1 Å². The molecule has 0 radical (unpaired) electrons. The van der Waals surface area contributed by atoms with Gasteiger partial charge in [-0.15, -0.1) is 0 Å². The van der Waals surface area contributed by atoms with Gasteiger partial charge in [-0.1, -0.05) is 30.3 Å². The van der Waals surface area contributed by atoms with Crippen molar-refractivity contribution in [1.82, 2.24) is 9.47 Å². The zero-order chi connectivity index (χ0) is 21.4. The second kappa shape index (κ2) is 8.02. The topological polar surface area (TPSA) is 54.3 Å². The molecule has 3 heterocycles. The summed E-state index contributed by atoms with van der Waals surface area (Å²) in [6, 6.07) is 19.5. The van der Waals surface area contributed by atoms with Crippen LogP contribution in [0.3, 0.4) is 0 Å². The second-order valence-corrected chi connectivity index (χ2v) is 8.44. The highest BCUT2D eigenvalue weighted by atomic mass is 19.1. The van der Waals surface area contributed by atoms with E-state index >= 15 is 0 Å². The van der Waals surface area contributed by atoms with E-state index in [1.54, 1.807) is 12.1 Å². The lowest BCUT2D eigenvalue weighted by molar-refractivity contribution is 0.0594. The Morgan fingerprint density at radius 3 is 2.52 bits per heavy atom. The molecule has 0 aliphatic carbocycles. The Bertz CT molecular complexity index is 1160. The van der Waals surface area contributed by atoms with Crippen LogP contribution in [0.25, 0.3) is 0 Å². The van der Waals surface area contributed by atoms with E-state index in [4.69, 9.17) is 0 Å². The van der Waals surface area contributed by atoms with Gasteiger partial charge in [0.1, 0.15) is 11.5 Å². The highest BCUT2D eigenvalue weighted by molar-refractivity contribution is 5.94. The monoisotopic (exact) mass is 417 g/mol. The molecule has 0 unspecified atom stereocenters. The lowest BCUT2D eigenvalue weighted by Gasteiger charge is -2.43. The van der Waals surface area contributed by atoms with Gasteiger partial charge in [0.05, 0.1) is 0 Å². The van der Waals surface area contributed by atoms with E-state index < -0.39 is 0 Å². The zero-order valence-electron chi connectivity index (χ0n) is 17.1. The molecule has 2 bridgehead atoms. The number of carbonyl (C=O) groups is 1. The van der Waals surface area contributed by atoms with Gasteiger partial charge >= 0.3 is 0 Å². The first-order valence-corrected chi connectivity index (χ1v) is 10.6. The molecule has 5 rings (SSSR count). The van der Waals surface area contributed by atoms with Gasteiger partial charge in [-0.2, -0.15) is 0 Å². The largest absolute Gasteiger partial charge is 0.377 e. The molecule has 6 heteroatoms. The molecule has 1 fully saturated rings. The maximum atomic E-state index is 13.1. The number of nitrogens with zero attached hydrogens (tertiary/aromatic N) is 2. The van der Waals surface area contributed by atoms with E-state index in [1.807, 2.05) is 51.9 Å². The summed E-state index contributed by atoms with van der Waals surface area (Å²) in [5.41, 5.74) is 3.14. The highest BCUT2D eigenvalue weighted by Crippen LogP contribution is 2.36. The van der Waals surface area contributed by atoms with Gasteiger partial charge in [0.15, 0.2) is 0 Å². The van der Waals surface area contributed by atoms with Gasteiger partial charge in [0, 0.05) is 43.4 Å². The van der Waals surface area contributed by atoms with E-state index in [0.717, 1.165) is 17.7 Å². The number of pyridine rings is 1. The molecule has 5 nitrogen and oxygen atoms in total. The molecule has 0 spiro atoms. The fourth-order valence-electron chi connectivity index (χ4n) is 4.81. The molecule has 0 saturated carbocycles. The Morgan fingerprint density at radius 2 is 1.74 bits per heavy atom. The summed E-state index contributed by atoms with van der Waals surface area (Å²) in [6.45, 7) is 2.38. The number of benzene rings is 2. The summed E-state index contributed by atoms with van der Waals surface area (Å²) in [4.78, 5) is 28.0. The minimum atomic E-state index is -0.274. The fourth-order valence-corrected chi connectivity index (χ4v) is 4.81. The quantitative estimate of drug-likeness (QED) is 0.701. The normalized spacial score (nSPS) is 19.6. The molecule has 3 aromatic rings. The number of piperidine rings is 1. The third kappa shape index (κ3) is 3.85. The minimum Gasteiger partial charge on any atom is -0.377 e. The average molecular weight is 417 g/mol. The van der Waals surface area contributed by atoms with Crippen molar-refractivity contribution in [1.29, 1.82) is 0 Å². The standard InChI is InChI=1S/C25H24FN3O2/c26-21-8-6-17(7-9-21)13-27-22-10-11-23-20-12-18(15-29(23)25(22)31)14-28(16-20)24(30)19-4-2-1-3-5-19/h1-11,18,20,27H,12-16H2/t18-,20-/m1/s1. The van der Waals surface area contributed by atoms with E-state index in [9.17, 15) is 14.0 Å². The van der Waals surface area contributed by atoms with Crippen molar-refractivity contribution in [3.63, 3.8) is 0 Å². The van der Waals surface area contributed by atoms with E-state index in [0.29, 0.717) is 37.4 Å². The molecular formula is C25H24FN3O2. The number of fused-ring (bicyclic) bond motifs is 4. The second-order valence-electron chi connectivity index (χ2n) is 8.44. The van der Waals surface area contributed by atoms with Crippen molar-refractivity contribution in [2.45, 2.75) is 25.4 Å². The molecule has 1 saturated heterocycles. The van der Waals surface area contributed by atoms with Crippen LogP contribution in [-0.4, -0.2) is 28.5 Å². The Labute approximate surface area is 180 Å². The summed E-state index contributed by atoms with van der Waals surface area (Å²) < 4.78 is 15.0. The summed E-state index contributed by atoms with van der Waals surface area (Å²) in [5, 5.41) is 3.19. The summed E-state index contributed by atoms with van der Waals surface area (Å²) in [7, 11) is 0. The predicted molar refractivity (Wildman–Crippen MR) is 118 cm³/mol. The molecule has 2 aliphatic heterocycles. The molecule has 1 aromatic heterocycles. The number of anilines is 1. The maximum absolute atomic E-state index is 13.1. The molecule has 158 valence electrons. The van der Waals surface area contributed by atoms with Crippen LogP contribution in [0.4, 0.5) is 10.1 Å². The van der Waals surface area contributed by atoms with Crippen LogP contribution in [-0.2, 0) is 13.1 Å². The lowest BCUT2D eigenvalue weighted by Crippen LogP contribution is -2.49. The first-order valence-electron chi connectivity index (χ1n) is 10.6. The van der Waals surface area contributed by atoms with Gasteiger partial charge in [0.2, 0.25) is 0 Å². The van der Waals surface area contributed by atoms with Crippen LogP contribution in [0, 0.1) is 11.7 Å². The van der Waals surface area contributed by atoms with Gasteiger partial charge in [0.25, 0.3) is 11.5 Å². The van der Waals surface area contributed by atoms with Crippen molar-refractivity contribution >= 4 is 11.6 Å². The minimum absolute atomic E-state index is 0.0304. The van der Waals surface area contributed by atoms with Crippen LogP contribution in [0.5, 0.6) is 0 Å². The maximum Gasteiger partial charge on any atom is 0.274 e. The number of hydrogen-bond acceptors (Lipinski definition) is 3. The summed E-state index contributed by atoms with van der Waals surface area (Å²) >= 11 is 0. The average Bonchev–Trinajstić information content (AvgIpc) is 2.80. The van der Waals surface area contributed by atoms with Crippen LogP contribution >= 0.6 is 0 Å². The van der Waals surface area contributed by atoms with Crippen LogP contribution in [0.1, 0.15) is 34.0 Å². The highest BCUT2D eigenvalue weighted by Gasteiger charge is 2.36. The molecule has 2 aromatic carbocycles. The molecule has 1 amide bonds. The predicted octanol–water partition coefficient (Wildman–Crippen LogP) is 3.86. The van der Waals surface area contributed by atoms with Crippen molar-refractivity contribution in [3.8, 4) is 0 Å². The van der Waals surface area contributed by atoms with Crippen molar-refractivity contribution in [3.05, 3.63) is 99.7 Å². The number of carbonyl (C=O) groups excluding carboxylic acids is 1. The number of aromatic nitrogens is 1.